The summed E-state index contributed by atoms with van der Waals surface area (Å²) in [7, 11) is 0. The Morgan fingerprint density at radius 2 is 1.62 bits per heavy atom. The van der Waals surface area contributed by atoms with Gasteiger partial charge in [0.2, 0.25) is 0 Å². The Morgan fingerprint density at radius 1 is 1.05 bits per heavy atom. The van der Waals surface area contributed by atoms with Crippen molar-refractivity contribution in [2.24, 2.45) is 5.73 Å². The maximum absolute atomic E-state index is 13.0. The average molecular weight is 422 g/mol. The van der Waals surface area contributed by atoms with Crippen LogP contribution in [-0.2, 0) is 6.18 Å². The maximum Gasteiger partial charge on any atom is 0.417 e. The topological polar surface area (TPSA) is 38.0 Å². The van der Waals surface area contributed by atoms with Crippen LogP contribution in [0.1, 0.15) is 11.1 Å². The minimum absolute atomic E-state index is 0.175. The maximum atomic E-state index is 13.0. The van der Waals surface area contributed by atoms with Gasteiger partial charge in [0.05, 0.1) is 5.56 Å². The summed E-state index contributed by atoms with van der Waals surface area (Å²) >= 11 is 6.81. The van der Waals surface area contributed by atoms with Crippen molar-refractivity contribution in [2.45, 2.75) is 6.18 Å². The highest BCUT2D eigenvalue weighted by atomic mass is 127. The zero-order valence-corrected chi connectivity index (χ0v) is 13.5. The molecule has 0 unspecified atom stereocenters. The summed E-state index contributed by atoms with van der Waals surface area (Å²) in [6.45, 7) is 0. The van der Waals surface area contributed by atoms with Crippen molar-refractivity contribution >= 4 is 51.2 Å². The highest BCUT2D eigenvalue weighted by molar-refractivity contribution is 14.1. The molecule has 0 heterocycles. The number of hydrogen-bond acceptors (Lipinski definition) is 2. The fourth-order valence-corrected chi connectivity index (χ4v) is 2.31. The lowest BCUT2D eigenvalue weighted by Gasteiger charge is -2.14. The smallest absolute Gasteiger partial charge is 0.389 e. The van der Waals surface area contributed by atoms with E-state index in [2.05, 4.69) is 40.1 Å². The fraction of sp³-hybridized carbons (Fsp3) is 0.0714. The van der Waals surface area contributed by atoms with Crippen LogP contribution in [-0.4, -0.2) is 4.99 Å². The number of alkyl halides is 3. The Labute approximate surface area is 138 Å². The first-order valence-corrected chi connectivity index (χ1v) is 7.30. The molecule has 7 heteroatoms. The minimum Gasteiger partial charge on any atom is -0.389 e. The fourth-order valence-electron chi connectivity index (χ4n) is 1.77. The van der Waals surface area contributed by atoms with Gasteiger partial charge in [-0.3, -0.25) is 0 Å². The number of benzene rings is 2. The van der Waals surface area contributed by atoms with Crippen LogP contribution in [0.25, 0.3) is 0 Å². The number of anilines is 2. The number of nitrogens with one attached hydrogen (secondary N) is 1. The number of thiocarbonyl (C=S) groups is 1. The summed E-state index contributed by atoms with van der Waals surface area (Å²) in [6, 6.07) is 11.1. The number of hydrogen-bond donors (Lipinski definition) is 2. The molecule has 2 nitrogen and oxygen atoms in total. The van der Waals surface area contributed by atoms with Gasteiger partial charge in [-0.2, -0.15) is 13.2 Å². The van der Waals surface area contributed by atoms with E-state index in [0.717, 1.165) is 9.64 Å². The molecule has 3 N–H and O–H groups in total. The zero-order chi connectivity index (χ0) is 15.6. The first-order chi connectivity index (χ1) is 9.77. The van der Waals surface area contributed by atoms with Crippen LogP contribution in [0.2, 0.25) is 0 Å². The molecule has 0 fully saturated rings. The van der Waals surface area contributed by atoms with Gasteiger partial charge in [-0.15, -0.1) is 0 Å². The molecule has 0 spiro atoms. The third kappa shape index (κ3) is 4.07. The van der Waals surface area contributed by atoms with Gasteiger partial charge in [-0.1, -0.05) is 12.2 Å². The second kappa shape index (κ2) is 6.18. The SMILES string of the molecule is NC(=S)c1ccc(Nc2ccc(I)cc2)cc1C(F)(F)F. The second-order valence-corrected chi connectivity index (χ2v) is 5.94. The highest BCUT2D eigenvalue weighted by Gasteiger charge is 2.34. The molecule has 21 heavy (non-hydrogen) atoms. The van der Waals surface area contributed by atoms with Crippen molar-refractivity contribution in [3.8, 4) is 0 Å². The highest BCUT2D eigenvalue weighted by Crippen LogP contribution is 2.34. The van der Waals surface area contributed by atoms with E-state index in [9.17, 15) is 13.2 Å². The van der Waals surface area contributed by atoms with Gasteiger partial charge in [-0.25, -0.2) is 0 Å². The summed E-state index contributed by atoms with van der Waals surface area (Å²) < 4.78 is 40.1. The van der Waals surface area contributed by atoms with E-state index in [0.29, 0.717) is 11.4 Å². The van der Waals surface area contributed by atoms with Gasteiger partial charge >= 0.3 is 6.18 Å². The lowest BCUT2D eigenvalue weighted by Crippen LogP contribution is -2.18. The van der Waals surface area contributed by atoms with Gasteiger partial charge < -0.3 is 11.1 Å². The Bertz CT molecular complexity index is 669. The quantitative estimate of drug-likeness (QED) is 0.557. The van der Waals surface area contributed by atoms with Crippen LogP contribution in [0.5, 0.6) is 0 Å². The number of halogens is 4. The van der Waals surface area contributed by atoms with Crippen LogP contribution >= 0.6 is 34.8 Å². The van der Waals surface area contributed by atoms with E-state index in [1.807, 2.05) is 12.1 Å². The summed E-state index contributed by atoms with van der Waals surface area (Å²) in [5.74, 6) is 0. The van der Waals surface area contributed by atoms with Crippen LogP contribution in [0.4, 0.5) is 24.5 Å². The van der Waals surface area contributed by atoms with E-state index < -0.39 is 11.7 Å². The van der Waals surface area contributed by atoms with Gasteiger partial charge in [0, 0.05) is 20.5 Å². The Hall–Kier alpha value is -1.35. The monoisotopic (exact) mass is 422 g/mol. The van der Waals surface area contributed by atoms with E-state index in [-0.39, 0.29) is 10.6 Å². The van der Waals surface area contributed by atoms with E-state index in [1.165, 1.54) is 12.1 Å². The zero-order valence-electron chi connectivity index (χ0n) is 10.5. The van der Waals surface area contributed by atoms with Gasteiger partial charge in [0.15, 0.2) is 0 Å². The van der Waals surface area contributed by atoms with Crippen molar-refractivity contribution in [1.29, 1.82) is 0 Å². The molecular formula is C14H10F3IN2S. The van der Waals surface area contributed by atoms with Gasteiger partial charge in [-0.05, 0) is 65.1 Å². The standard InChI is InChI=1S/C14H10F3IN2S/c15-14(16,17)12-7-10(5-6-11(12)13(19)21)20-9-3-1-8(18)2-4-9/h1-7,20H,(H2,19,21). The van der Waals surface area contributed by atoms with Crippen LogP contribution in [0, 0.1) is 3.57 Å². The molecule has 2 rings (SSSR count). The van der Waals surface area contributed by atoms with Crippen LogP contribution < -0.4 is 11.1 Å². The lowest BCUT2D eigenvalue weighted by molar-refractivity contribution is -0.137. The van der Waals surface area contributed by atoms with E-state index >= 15 is 0 Å². The summed E-state index contributed by atoms with van der Waals surface area (Å²) in [5.41, 5.74) is 5.35. The number of rotatable bonds is 3. The molecular weight excluding hydrogens is 412 g/mol. The molecule has 0 saturated heterocycles. The third-order valence-electron chi connectivity index (χ3n) is 2.72. The first-order valence-electron chi connectivity index (χ1n) is 5.81. The predicted octanol–water partition coefficient (Wildman–Crippen LogP) is 4.69. The molecule has 110 valence electrons. The van der Waals surface area contributed by atoms with E-state index in [1.54, 1.807) is 12.1 Å². The minimum atomic E-state index is -4.51. The van der Waals surface area contributed by atoms with Crippen molar-refractivity contribution in [3.05, 3.63) is 57.2 Å². The van der Waals surface area contributed by atoms with Crippen LogP contribution in [0.15, 0.2) is 42.5 Å². The average Bonchev–Trinajstić information content (AvgIpc) is 2.40. The van der Waals surface area contributed by atoms with Gasteiger partial charge in [0.1, 0.15) is 4.99 Å². The Morgan fingerprint density at radius 3 is 2.14 bits per heavy atom. The van der Waals surface area contributed by atoms with E-state index in [4.69, 9.17) is 5.73 Å². The second-order valence-electron chi connectivity index (χ2n) is 4.25. The molecule has 2 aromatic rings. The molecule has 0 atom stereocenters. The predicted molar refractivity (Wildman–Crippen MR) is 89.8 cm³/mol. The van der Waals surface area contributed by atoms with Crippen LogP contribution in [0.3, 0.4) is 0 Å². The van der Waals surface area contributed by atoms with Crippen molar-refractivity contribution in [3.63, 3.8) is 0 Å². The largest absolute Gasteiger partial charge is 0.417 e. The number of nitrogens with two attached hydrogens (primary N) is 1. The molecule has 0 aliphatic carbocycles. The molecule has 0 saturated carbocycles. The molecule has 0 aliphatic heterocycles. The molecule has 0 amide bonds. The molecule has 2 aromatic carbocycles. The van der Waals surface area contributed by atoms with Gasteiger partial charge in [0.25, 0.3) is 0 Å². The summed E-state index contributed by atoms with van der Waals surface area (Å²) in [4.78, 5) is -0.275. The summed E-state index contributed by atoms with van der Waals surface area (Å²) in [5, 5.41) is 2.92. The lowest BCUT2D eigenvalue weighted by atomic mass is 10.1. The molecule has 0 bridgehead atoms. The van der Waals surface area contributed by atoms with Crippen molar-refractivity contribution < 1.29 is 13.2 Å². The Kier molecular flexibility index (Phi) is 4.72. The summed E-state index contributed by atoms with van der Waals surface area (Å²) in [6.07, 6.45) is -4.51. The van der Waals surface area contributed by atoms with Crippen molar-refractivity contribution in [1.82, 2.24) is 0 Å². The Balaban J connectivity index is 2.38. The third-order valence-corrected chi connectivity index (χ3v) is 3.66. The molecule has 0 aliphatic rings. The molecule has 0 radical (unpaired) electrons. The van der Waals surface area contributed by atoms with Crippen molar-refractivity contribution in [2.75, 3.05) is 5.32 Å². The normalized spacial score (nSPS) is 11.2. The molecule has 0 aromatic heterocycles. The first kappa shape index (κ1) is 16.0.